The molecule has 7 nitrogen and oxygen atoms in total. The minimum atomic E-state index is -0.485. The zero-order valence-electron chi connectivity index (χ0n) is 18.9. The fraction of sp³-hybridized carbons (Fsp3) is 0.905. The second-order valence-corrected chi connectivity index (χ2v) is 8.83. The molecule has 0 radical (unpaired) electrons. The van der Waals surface area contributed by atoms with Crippen LogP contribution in [0, 0.1) is 5.92 Å². The maximum absolute atomic E-state index is 12.0. The van der Waals surface area contributed by atoms with Crippen LogP contribution in [-0.2, 0) is 4.74 Å². The predicted octanol–water partition coefficient (Wildman–Crippen LogP) is 2.97. The first-order chi connectivity index (χ1) is 13.2. The van der Waals surface area contributed by atoms with Gasteiger partial charge in [0.25, 0.3) is 0 Å². The van der Waals surface area contributed by atoms with Gasteiger partial charge in [-0.1, -0.05) is 19.8 Å². The van der Waals surface area contributed by atoms with Gasteiger partial charge >= 0.3 is 6.09 Å². The molecule has 0 bridgehead atoms. The summed E-state index contributed by atoms with van der Waals surface area (Å²) in [6.45, 7) is 14.4. The molecule has 1 aliphatic rings. The molecule has 1 saturated heterocycles. The highest BCUT2D eigenvalue weighted by Gasteiger charge is 2.19. The molecule has 0 aromatic heterocycles. The lowest BCUT2D eigenvalue weighted by molar-refractivity contribution is 0.0522. The standard InChI is InChI=1S/C21H43N5O2/c1-7-9-10-18(16-24-20(27)28-21(3,4)5)25-19(22-8-2)23-15-17-11-13-26(6)14-12-17/h17-18H,7-16H2,1-6H3,(H,24,27)(H2,22,23,25). The first kappa shape index (κ1) is 24.5. The van der Waals surface area contributed by atoms with Crippen molar-refractivity contribution in [3.05, 3.63) is 0 Å². The van der Waals surface area contributed by atoms with Crippen LogP contribution >= 0.6 is 0 Å². The molecule has 0 aromatic rings. The van der Waals surface area contributed by atoms with Gasteiger partial charge in [0.1, 0.15) is 5.60 Å². The number of carbonyl (C=O) groups excluding carboxylic acids is 1. The van der Waals surface area contributed by atoms with Crippen molar-refractivity contribution >= 4 is 12.1 Å². The van der Waals surface area contributed by atoms with Crippen LogP contribution in [0.4, 0.5) is 4.79 Å². The lowest BCUT2D eigenvalue weighted by Gasteiger charge is -2.28. The summed E-state index contributed by atoms with van der Waals surface area (Å²) in [6.07, 6.45) is 5.24. The Morgan fingerprint density at radius 3 is 2.46 bits per heavy atom. The lowest BCUT2D eigenvalue weighted by atomic mass is 9.97. The third-order valence-electron chi connectivity index (χ3n) is 4.83. The minimum Gasteiger partial charge on any atom is -0.444 e. The molecule has 1 fully saturated rings. The van der Waals surface area contributed by atoms with Gasteiger partial charge in [-0.25, -0.2) is 4.79 Å². The van der Waals surface area contributed by atoms with Gasteiger partial charge < -0.3 is 25.6 Å². The Labute approximate surface area is 172 Å². The van der Waals surface area contributed by atoms with Crippen molar-refractivity contribution in [2.45, 2.75) is 78.4 Å². The molecule has 0 saturated carbocycles. The van der Waals surface area contributed by atoms with E-state index >= 15 is 0 Å². The normalized spacial score (nSPS) is 17.9. The number of guanidine groups is 1. The van der Waals surface area contributed by atoms with E-state index in [0.29, 0.717) is 12.5 Å². The number of nitrogens with one attached hydrogen (secondary N) is 3. The number of likely N-dealkylation sites (tertiary alicyclic amines) is 1. The zero-order valence-corrected chi connectivity index (χ0v) is 18.9. The van der Waals surface area contributed by atoms with Gasteiger partial charge in [-0.15, -0.1) is 0 Å². The highest BCUT2D eigenvalue weighted by Crippen LogP contribution is 2.16. The molecular formula is C21H43N5O2. The van der Waals surface area contributed by atoms with Gasteiger partial charge in [-0.3, -0.25) is 4.99 Å². The van der Waals surface area contributed by atoms with Crippen molar-refractivity contribution in [1.82, 2.24) is 20.9 Å². The Hall–Kier alpha value is -1.50. The van der Waals surface area contributed by atoms with E-state index in [1.165, 1.54) is 12.8 Å². The topological polar surface area (TPSA) is 78.0 Å². The van der Waals surface area contributed by atoms with Gasteiger partial charge in [-0.2, -0.15) is 0 Å². The monoisotopic (exact) mass is 397 g/mol. The molecule has 7 heteroatoms. The first-order valence-corrected chi connectivity index (χ1v) is 10.9. The van der Waals surface area contributed by atoms with Crippen molar-refractivity contribution in [3.63, 3.8) is 0 Å². The minimum absolute atomic E-state index is 0.128. The predicted molar refractivity (Wildman–Crippen MR) is 117 cm³/mol. The maximum Gasteiger partial charge on any atom is 0.407 e. The summed E-state index contributed by atoms with van der Waals surface area (Å²) in [7, 11) is 2.18. The molecule has 1 atom stereocenters. The number of rotatable bonds is 9. The molecule has 3 N–H and O–H groups in total. The number of aliphatic imine (C=N–C) groups is 1. The molecule has 0 aromatic carbocycles. The second kappa shape index (κ2) is 12.9. The molecule has 1 unspecified atom stereocenters. The third-order valence-corrected chi connectivity index (χ3v) is 4.83. The molecule has 1 aliphatic heterocycles. The Kier molecular flexibility index (Phi) is 11.3. The molecule has 1 amide bonds. The Bertz CT molecular complexity index is 468. The molecule has 1 heterocycles. The summed E-state index contributed by atoms with van der Waals surface area (Å²) in [6, 6.07) is 0.128. The smallest absolute Gasteiger partial charge is 0.407 e. The first-order valence-electron chi connectivity index (χ1n) is 10.9. The Morgan fingerprint density at radius 1 is 1.21 bits per heavy atom. The average molecular weight is 398 g/mol. The van der Waals surface area contributed by atoms with Crippen LogP contribution in [-0.4, -0.2) is 68.4 Å². The number of amides is 1. The van der Waals surface area contributed by atoms with Crippen LogP contribution in [0.5, 0.6) is 0 Å². The summed E-state index contributed by atoms with van der Waals surface area (Å²) < 4.78 is 5.35. The number of piperidine rings is 1. The molecule has 0 spiro atoms. The van der Waals surface area contributed by atoms with Gasteiger partial charge in [0.2, 0.25) is 0 Å². The number of carbonyl (C=O) groups is 1. The number of ether oxygens (including phenoxy) is 1. The quantitative estimate of drug-likeness (QED) is 0.412. The van der Waals surface area contributed by atoms with E-state index < -0.39 is 5.60 Å². The van der Waals surface area contributed by atoms with Crippen molar-refractivity contribution in [2.24, 2.45) is 10.9 Å². The zero-order chi connectivity index (χ0) is 21.0. The highest BCUT2D eigenvalue weighted by molar-refractivity contribution is 5.80. The van der Waals surface area contributed by atoms with Crippen LogP contribution in [0.15, 0.2) is 4.99 Å². The lowest BCUT2D eigenvalue weighted by Crippen LogP contribution is -2.49. The van der Waals surface area contributed by atoms with Crippen LogP contribution in [0.2, 0.25) is 0 Å². The molecule has 164 valence electrons. The van der Waals surface area contributed by atoms with Crippen LogP contribution in [0.25, 0.3) is 0 Å². The van der Waals surface area contributed by atoms with Gasteiger partial charge in [0.15, 0.2) is 5.96 Å². The SMILES string of the molecule is CCCCC(CNC(=O)OC(C)(C)C)NC(=NCC1CCN(C)CC1)NCC. The second-order valence-electron chi connectivity index (χ2n) is 8.83. The molecule has 0 aliphatic carbocycles. The summed E-state index contributed by atoms with van der Waals surface area (Å²) in [4.78, 5) is 19.2. The van der Waals surface area contributed by atoms with Crippen LogP contribution < -0.4 is 16.0 Å². The van der Waals surface area contributed by atoms with E-state index in [2.05, 4.69) is 41.7 Å². The summed E-state index contributed by atoms with van der Waals surface area (Å²) in [5.41, 5.74) is -0.485. The third kappa shape index (κ3) is 11.4. The highest BCUT2D eigenvalue weighted by atomic mass is 16.6. The number of alkyl carbamates (subject to hydrolysis) is 1. The maximum atomic E-state index is 12.0. The van der Waals surface area contributed by atoms with E-state index in [0.717, 1.165) is 51.4 Å². The summed E-state index contributed by atoms with van der Waals surface area (Å²) in [5.74, 6) is 1.49. The van der Waals surface area contributed by atoms with Gasteiger partial charge in [0, 0.05) is 25.7 Å². The van der Waals surface area contributed by atoms with Gasteiger partial charge in [-0.05, 0) is 73.0 Å². The van der Waals surface area contributed by atoms with Crippen LogP contribution in [0.1, 0.15) is 66.7 Å². The fourth-order valence-corrected chi connectivity index (χ4v) is 3.17. The van der Waals surface area contributed by atoms with E-state index in [9.17, 15) is 4.79 Å². The largest absolute Gasteiger partial charge is 0.444 e. The molecular weight excluding hydrogens is 354 g/mol. The van der Waals surface area contributed by atoms with E-state index in [-0.39, 0.29) is 12.1 Å². The van der Waals surface area contributed by atoms with Crippen molar-refractivity contribution in [3.8, 4) is 0 Å². The van der Waals surface area contributed by atoms with Crippen molar-refractivity contribution in [1.29, 1.82) is 0 Å². The Balaban J connectivity index is 2.59. The van der Waals surface area contributed by atoms with E-state index in [1.807, 2.05) is 20.8 Å². The van der Waals surface area contributed by atoms with E-state index in [1.54, 1.807) is 0 Å². The van der Waals surface area contributed by atoms with Crippen molar-refractivity contribution in [2.75, 3.05) is 39.8 Å². The summed E-state index contributed by atoms with van der Waals surface area (Å²) in [5, 5.41) is 9.76. The fourth-order valence-electron chi connectivity index (χ4n) is 3.17. The average Bonchev–Trinajstić information content (AvgIpc) is 2.61. The van der Waals surface area contributed by atoms with Crippen molar-refractivity contribution < 1.29 is 9.53 Å². The number of unbranched alkanes of at least 4 members (excludes halogenated alkanes) is 1. The molecule has 1 rings (SSSR count). The summed E-state index contributed by atoms with van der Waals surface area (Å²) >= 11 is 0. The number of nitrogens with zero attached hydrogens (tertiary/aromatic N) is 2. The van der Waals surface area contributed by atoms with Crippen LogP contribution in [0.3, 0.4) is 0 Å². The Morgan fingerprint density at radius 2 is 1.89 bits per heavy atom. The van der Waals surface area contributed by atoms with E-state index in [4.69, 9.17) is 9.73 Å². The number of hydrogen-bond acceptors (Lipinski definition) is 4. The van der Waals surface area contributed by atoms with Gasteiger partial charge in [0.05, 0.1) is 0 Å². The molecule has 28 heavy (non-hydrogen) atoms. The number of hydrogen-bond donors (Lipinski definition) is 3.